The Balaban J connectivity index is 2.23. The lowest BCUT2D eigenvalue weighted by Gasteiger charge is -2.09. The fraction of sp³-hybridized carbons (Fsp3) is 0.400. The van der Waals surface area contributed by atoms with Crippen LogP contribution in [0.4, 0.5) is 5.69 Å². The number of sulfonamides is 2. The molecule has 0 aromatic heterocycles. The van der Waals surface area contributed by atoms with Gasteiger partial charge < -0.3 is 0 Å². The third-order valence-corrected chi connectivity index (χ3v) is 5.67. The van der Waals surface area contributed by atoms with Gasteiger partial charge in [-0.3, -0.25) is 4.72 Å². The first-order valence-electron chi connectivity index (χ1n) is 5.51. The fourth-order valence-electron chi connectivity index (χ4n) is 1.42. The highest BCUT2D eigenvalue weighted by Gasteiger charge is 2.28. The monoisotopic (exact) mass is 324 g/mol. The highest BCUT2D eigenvalue weighted by molar-refractivity contribution is 7.93. The molecule has 0 aliphatic heterocycles. The summed E-state index contributed by atoms with van der Waals surface area (Å²) in [7, 11) is -7.24. The molecule has 1 aliphatic carbocycles. The lowest BCUT2D eigenvalue weighted by atomic mass is 10.3. The van der Waals surface area contributed by atoms with Crippen molar-refractivity contribution in [1.82, 2.24) is 4.72 Å². The quantitative estimate of drug-likeness (QED) is 0.765. The third kappa shape index (κ3) is 4.07. The van der Waals surface area contributed by atoms with Crippen LogP contribution >= 0.6 is 11.6 Å². The zero-order chi connectivity index (χ0) is 14.1. The molecule has 0 unspecified atom stereocenters. The largest absolute Gasteiger partial charge is 0.283 e. The maximum Gasteiger partial charge on any atom is 0.246 e. The van der Waals surface area contributed by atoms with Crippen LogP contribution in [0.15, 0.2) is 29.2 Å². The highest BCUT2D eigenvalue weighted by atomic mass is 35.5. The first-order chi connectivity index (χ1) is 8.82. The van der Waals surface area contributed by atoms with E-state index in [4.69, 9.17) is 11.6 Å². The Morgan fingerprint density at radius 2 is 1.89 bits per heavy atom. The minimum Gasteiger partial charge on any atom is -0.283 e. The van der Waals surface area contributed by atoms with Crippen LogP contribution in [0.2, 0.25) is 0 Å². The molecule has 9 heteroatoms. The summed E-state index contributed by atoms with van der Waals surface area (Å²) in [5, 5.41) is -0.593. The third-order valence-electron chi connectivity index (χ3n) is 2.46. The van der Waals surface area contributed by atoms with Crippen LogP contribution in [-0.4, -0.2) is 28.1 Å². The van der Waals surface area contributed by atoms with E-state index in [0.717, 1.165) is 12.8 Å². The van der Waals surface area contributed by atoms with Gasteiger partial charge in [-0.05, 0) is 31.0 Å². The number of rotatable bonds is 6. The Labute approximate surface area is 117 Å². The summed E-state index contributed by atoms with van der Waals surface area (Å²) in [6.07, 6.45) is 1.66. The Morgan fingerprint density at radius 3 is 2.47 bits per heavy atom. The van der Waals surface area contributed by atoms with Crippen molar-refractivity contribution in [2.75, 3.05) is 9.93 Å². The fourth-order valence-corrected chi connectivity index (χ4v) is 3.48. The van der Waals surface area contributed by atoms with Gasteiger partial charge in [-0.25, -0.2) is 21.6 Å². The lowest BCUT2D eigenvalue weighted by Crippen LogP contribution is -2.25. The van der Waals surface area contributed by atoms with Crippen LogP contribution in [0.25, 0.3) is 0 Å². The Bertz CT molecular complexity index is 669. The number of anilines is 1. The van der Waals surface area contributed by atoms with Gasteiger partial charge in [0, 0.05) is 11.7 Å². The van der Waals surface area contributed by atoms with Crippen LogP contribution in [0, 0.1) is 0 Å². The van der Waals surface area contributed by atoms with Gasteiger partial charge in [0.05, 0.1) is 4.90 Å². The van der Waals surface area contributed by atoms with Crippen molar-refractivity contribution in [3.63, 3.8) is 0 Å². The van der Waals surface area contributed by atoms with E-state index in [-0.39, 0.29) is 16.6 Å². The zero-order valence-corrected chi connectivity index (χ0v) is 12.2. The van der Waals surface area contributed by atoms with Gasteiger partial charge in [-0.2, -0.15) is 0 Å². The van der Waals surface area contributed by atoms with Gasteiger partial charge >= 0.3 is 0 Å². The molecule has 0 atom stereocenters. The van der Waals surface area contributed by atoms with Crippen LogP contribution in [0.5, 0.6) is 0 Å². The van der Waals surface area contributed by atoms with Crippen molar-refractivity contribution in [3.05, 3.63) is 24.3 Å². The lowest BCUT2D eigenvalue weighted by molar-refractivity contribution is 0.581. The second-order valence-corrected chi connectivity index (χ2v) is 8.27. The summed E-state index contributed by atoms with van der Waals surface area (Å²) in [6, 6.07) is 5.58. The molecule has 0 bridgehead atoms. The molecule has 106 valence electrons. The molecule has 1 saturated carbocycles. The predicted octanol–water partition coefficient (Wildman–Crippen LogP) is 1.07. The molecule has 0 saturated heterocycles. The molecule has 0 amide bonds. The van der Waals surface area contributed by atoms with Crippen molar-refractivity contribution in [2.45, 2.75) is 23.8 Å². The minimum absolute atomic E-state index is 0.00631. The normalized spacial score (nSPS) is 16.3. The van der Waals surface area contributed by atoms with E-state index in [1.165, 1.54) is 24.3 Å². The Hall–Kier alpha value is -0.830. The average molecular weight is 325 g/mol. The summed E-state index contributed by atoms with van der Waals surface area (Å²) >= 11 is 5.27. The van der Waals surface area contributed by atoms with Gasteiger partial charge in [0.1, 0.15) is 5.21 Å². The van der Waals surface area contributed by atoms with Crippen LogP contribution < -0.4 is 9.44 Å². The van der Waals surface area contributed by atoms with Crippen LogP contribution in [0.1, 0.15) is 12.8 Å². The predicted molar refractivity (Wildman–Crippen MR) is 73.0 cm³/mol. The second-order valence-electron chi connectivity index (χ2n) is 4.25. The number of alkyl halides is 1. The summed E-state index contributed by atoms with van der Waals surface area (Å²) in [5.41, 5.74) is 0.166. The molecule has 0 heterocycles. The van der Waals surface area contributed by atoms with Crippen molar-refractivity contribution in [2.24, 2.45) is 0 Å². The van der Waals surface area contributed by atoms with Gasteiger partial charge in [0.25, 0.3) is 0 Å². The van der Waals surface area contributed by atoms with Gasteiger partial charge in [0.15, 0.2) is 0 Å². The number of hydrogen-bond donors (Lipinski definition) is 2. The van der Waals surface area contributed by atoms with Crippen molar-refractivity contribution < 1.29 is 16.8 Å². The molecule has 0 radical (unpaired) electrons. The molecule has 6 nitrogen and oxygen atoms in total. The smallest absolute Gasteiger partial charge is 0.246 e. The first-order valence-corrected chi connectivity index (χ1v) is 9.18. The van der Waals surface area contributed by atoms with E-state index >= 15 is 0 Å². The van der Waals surface area contributed by atoms with Gasteiger partial charge in [-0.1, -0.05) is 6.07 Å². The zero-order valence-electron chi connectivity index (χ0n) is 9.84. The van der Waals surface area contributed by atoms with Crippen molar-refractivity contribution >= 4 is 37.3 Å². The molecule has 1 aliphatic rings. The second kappa shape index (κ2) is 5.28. The van der Waals surface area contributed by atoms with Gasteiger partial charge in [0.2, 0.25) is 20.0 Å². The van der Waals surface area contributed by atoms with Crippen molar-refractivity contribution in [1.29, 1.82) is 0 Å². The molecule has 0 spiro atoms. The standard InChI is InChI=1S/C10H13ClN2O4S2/c11-7-18(14,15)12-9-2-1-3-10(6-9)19(16,17)13-8-4-5-8/h1-3,6,8,12-13H,4-5,7H2. The molecular weight excluding hydrogens is 312 g/mol. The average Bonchev–Trinajstić information content (AvgIpc) is 3.12. The Kier molecular flexibility index (Phi) is 4.05. The maximum atomic E-state index is 12.0. The summed E-state index contributed by atoms with van der Waals surface area (Å²) in [4.78, 5) is 0.0224. The SMILES string of the molecule is O=S(=O)(CCl)Nc1cccc(S(=O)(=O)NC2CC2)c1. The first kappa shape index (κ1) is 14.6. The molecule has 2 rings (SSSR count). The van der Waals surface area contributed by atoms with E-state index in [9.17, 15) is 16.8 Å². The molecular formula is C10H13ClN2O4S2. The van der Waals surface area contributed by atoms with E-state index in [2.05, 4.69) is 9.44 Å². The van der Waals surface area contributed by atoms with Crippen molar-refractivity contribution in [3.8, 4) is 0 Å². The molecule has 1 fully saturated rings. The summed E-state index contributed by atoms with van der Waals surface area (Å²) in [6.45, 7) is 0. The molecule has 19 heavy (non-hydrogen) atoms. The summed E-state index contributed by atoms with van der Waals surface area (Å²) in [5.74, 6) is 0. The van der Waals surface area contributed by atoms with Gasteiger partial charge in [-0.15, -0.1) is 11.6 Å². The molecule has 2 N–H and O–H groups in total. The maximum absolute atomic E-state index is 12.0. The van der Waals surface area contributed by atoms with E-state index in [1.54, 1.807) is 0 Å². The number of hydrogen-bond acceptors (Lipinski definition) is 4. The number of nitrogens with one attached hydrogen (secondary N) is 2. The Morgan fingerprint density at radius 1 is 1.21 bits per heavy atom. The highest BCUT2D eigenvalue weighted by Crippen LogP contribution is 2.23. The number of halogens is 1. The topological polar surface area (TPSA) is 92.3 Å². The number of benzene rings is 1. The van der Waals surface area contributed by atoms with E-state index < -0.39 is 25.3 Å². The molecule has 1 aromatic carbocycles. The van der Waals surface area contributed by atoms with E-state index in [0.29, 0.717) is 0 Å². The van der Waals surface area contributed by atoms with Crippen LogP contribution in [-0.2, 0) is 20.0 Å². The van der Waals surface area contributed by atoms with E-state index in [1.807, 2.05) is 0 Å². The summed E-state index contributed by atoms with van der Waals surface area (Å²) < 4.78 is 51.2. The minimum atomic E-state index is -3.65. The molecule has 1 aromatic rings. The van der Waals surface area contributed by atoms with Crippen LogP contribution in [0.3, 0.4) is 0 Å².